The van der Waals surface area contributed by atoms with Gasteiger partial charge in [-0.3, -0.25) is 0 Å². The van der Waals surface area contributed by atoms with Crippen molar-refractivity contribution >= 4 is 44.5 Å². The van der Waals surface area contributed by atoms with E-state index in [1.807, 2.05) is 0 Å². The minimum Gasteiger partial charge on any atom is -0.0622 e. The molecular weight excluding hydrogens is 745 g/mol. The van der Waals surface area contributed by atoms with Gasteiger partial charge in [0.1, 0.15) is 0 Å². The first-order valence-corrected chi connectivity index (χ1v) is 21.4. The number of hydrogen-bond donors (Lipinski definition) is 0. The van der Waals surface area contributed by atoms with E-state index in [2.05, 4.69) is 255 Å². The second-order valence-electron chi connectivity index (χ2n) is 16.0. The van der Waals surface area contributed by atoms with Gasteiger partial charge in [-0.25, -0.2) is 0 Å². The summed E-state index contributed by atoms with van der Waals surface area (Å²) < 4.78 is 0. The summed E-state index contributed by atoms with van der Waals surface area (Å²) in [5, 5.41) is 7.45. The van der Waals surface area contributed by atoms with Crippen LogP contribution in [0, 0.1) is 0 Å². The van der Waals surface area contributed by atoms with Crippen LogP contribution in [0.4, 0.5) is 0 Å². The van der Waals surface area contributed by atoms with Gasteiger partial charge >= 0.3 is 0 Å². The Morgan fingerprint density at radius 1 is 0.194 bits per heavy atom. The first-order valence-electron chi connectivity index (χ1n) is 21.4. The maximum absolute atomic E-state index is 2.44. The summed E-state index contributed by atoms with van der Waals surface area (Å²) in [5.74, 6) is 0. The highest BCUT2D eigenvalue weighted by molar-refractivity contribution is 6.22. The van der Waals surface area contributed by atoms with E-state index >= 15 is 0 Å². The Labute approximate surface area is 363 Å². The monoisotopic (exact) mass is 786 g/mol. The van der Waals surface area contributed by atoms with Crippen molar-refractivity contribution in [3.8, 4) is 66.8 Å². The molecule has 0 aliphatic carbocycles. The second-order valence-corrected chi connectivity index (χ2v) is 16.0. The summed E-state index contributed by atoms with van der Waals surface area (Å²) in [6.07, 6.45) is 4.38. The Bertz CT molecular complexity index is 3400. The third-order valence-electron chi connectivity index (χ3n) is 12.3. The zero-order chi connectivity index (χ0) is 41.2. The zero-order valence-corrected chi connectivity index (χ0v) is 34.2. The SMILES string of the molecule is C(=C/c1cccc(-c2cccc3c(-c4ccc5c(-c6ccc(-c7ccccc7)cc6)c6ccccc6c(-c6ccc(-c7ccccc7)cc6)c5c4)cccc23)c1)/c1ccccc1. The molecule has 0 saturated heterocycles. The lowest BCUT2D eigenvalue weighted by Gasteiger charge is -2.19. The van der Waals surface area contributed by atoms with E-state index in [0.717, 1.165) is 0 Å². The van der Waals surface area contributed by atoms with Crippen LogP contribution in [0.15, 0.2) is 243 Å². The van der Waals surface area contributed by atoms with Gasteiger partial charge in [0.2, 0.25) is 0 Å². The molecule has 0 aromatic heterocycles. The van der Waals surface area contributed by atoms with Gasteiger partial charge in [0.25, 0.3) is 0 Å². The summed E-state index contributed by atoms with van der Waals surface area (Å²) in [5.41, 5.74) is 17.0. The highest BCUT2D eigenvalue weighted by Gasteiger charge is 2.19. The van der Waals surface area contributed by atoms with Crippen molar-refractivity contribution in [3.05, 3.63) is 254 Å². The maximum atomic E-state index is 2.44. The van der Waals surface area contributed by atoms with Crippen molar-refractivity contribution in [3.63, 3.8) is 0 Å². The fraction of sp³-hybridized carbons (Fsp3) is 0. The van der Waals surface area contributed by atoms with Gasteiger partial charge in [0, 0.05) is 0 Å². The topological polar surface area (TPSA) is 0 Å². The molecule has 0 aliphatic heterocycles. The van der Waals surface area contributed by atoms with Crippen LogP contribution in [-0.4, -0.2) is 0 Å². The fourth-order valence-corrected chi connectivity index (χ4v) is 9.27. The molecule has 290 valence electrons. The molecule has 11 rings (SSSR count). The summed E-state index contributed by atoms with van der Waals surface area (Å²) in [6, 6.07) is 88.5. The quantitative estimate of drug-likeness (QED) is 0.106. The van der Waals surface area contributed by atoms with Gasteiger partial charge in [-0.2, -0.15) is 0 Å². The number of rotatable bonds is 8. The molecule has 0 N–H and O–H groups in total. The molecule has 0 nitrogen and oxygen atoms in total. The van der Waals surface area contributed by atoms with Crippen LogP contribution < -0.4 is 0 Å². The largest absolute Gasteiger partial charge is 0.0622 e. The van der Waals surface area contributed by atoms with E-state index in [1.165, 1.54) is 110 Å². The van der Waals surface area contributed by atoms with Gasteiger partial charge in [0.15, 0.2) is 0 Å². The molecular formula is C62H42. The molecule has 11 aromatic rings. The summed E-state index contributed by atoms with van der Waals surface area (Å²) >= 11 is 0. The molecule has 11 aromatic carbocycles. The van der Waals surface area contributed by atoms with Crippen LogP contribution in [0.25, 0.3) is 111 Å². The second kappa shape index (κ2) is 16.2. The molecule has 0 spiro atoms. The Morgan fingerprint density at radius 2 is 0.548 bits per heavy atom. The van der Waals surface area contributed by atoms with Crippen LogP contribution in [0.2, 0.25) is 0 Å². The lowest BCUT2D eigenvalue weighted by molar-refractivity contribution is 1.60. The third-order valence-corrected chi connectivity index (χ3v) is 12.3. The van der Waals surface area contributed by atoms with Crippen LogP contribution in [0.3, 0.4) is 0 Å². The molecule has 0 unspecified atom stereocenters. The van der Waals surface area contributed by atoms with Crippen LogP contribution in [0.5, 0.6) is 0 Å². The molecule has 0 atom stereocenters. The summed E-state index contributed by atoms with van der Waals surface area (Å²) in [7, 11) is 0. The highest BCUT2D eigenvalue weighted by Crippen LogP contribution is 2.46. The Morgan fingerprint density at radius 3 is 1.11 bits per heavy atom. The fourth-order valence-electron chi connectivity index (χ4n) is 9.27. The van der Waals surface area contributed by atoms with E-state index in [0.29, 0.717) is 0 Å². The van der Waals surface area contributed by atoms with Crippen molar-refractivity contribution in [2.75, 3.05) is 0 Å². The minimum absolute atomic E-state index is 1.18. The molecule has 0 heterocycles. The Hall–Kier alpha value is -8.06. The van der Waals surface area contributed by atoms with E-state index in [-0.39, 0.29) is 0 Å². The van der Waals surface area contributed by atoms with Crippen molar-refractivity contribution in [2.24, 2.45) is 0 Å². The van der Waals surface area contributed by atoms with E-state index in [9.17, 15) is 0 Å². The van der Waals surface area contributed by atoms with Gasteiger partial charge in [-0.1, -0.05) is 243 Å². The number of fused-ring (bicyclic) bond motifs is 3. The number of benzene rings is 11. The lowest BCUT2D eigenvalue weighted by atomic mass is 9.84. The molecule has 0 saturated carbocycles. The molecule has 0 radical (unpaired) electrons. The smallest absolute Gasteiger partial charge is 0.00261 e. The molecule has 0 bridgehead atoms. The van der Waals surface area contributed by atoms with Crippen molar-refractivity contribution < 1.29 is 0 Å². The first-order chi connectivity index (χ1) is 30.7. The summed E-state index contributed by atoms with van der Waals surface area (Å²) in [4.78, 5) is 0. The average Bonchev–Trinajstić information content (AvgIpc) is 3.35. The Balaban J connectivity index is 1.09. The molecule has 0 aliphatic rings. The predicted molar refractivity (Wildman–Crippen MR) is 267 cm³/mol. The van der Waals surface area contributed by atoms with E-state index in [1.54, 1.807) is 0 Å². The normalized spacial score (nSPS) is 11.5. The van der Waals surface area contributed by atoms with E-state index < -0.39 is 0 Å². The van der Waals surface area contributed by atoms with Crippen molar-refractivity contribution in [2.45, 2.75) is 0 Å². The highest BCUT2D eigenvalue weighted by atomic mass is 14.2. The first kappa shape index (κ1) is 37.0. The van der Waals surface area contributed by atoms with Crippen LogP contribution >= 0.6 is 0 Å². The molecule has 0 amide bonds. The van der Waals surface area contributed by atoms with Crippen molar-refractivity contribution in [1.82, 2.24) is 0 Å². The van der Waals surface area contributed by atoms with Gasteiger partial charge in [0.05, 0.1) is 0 Å². The average molecular weight is 787 g/mol. The van der Waals surface area contributed by atoms with Gasteiger partial charge < -0.3 is 0 Å². The minimum atomic E-state index is 1.18. The van der Waals surface area contributed by atoms with Crippen LogP contribution in [0.1, 0.15) is 11.1 Å². The summed E-state index contributed by atoms with van der Waals surface area (Å²) in [6.45, 7) is 0. The number of hydrogen-bond acceptors (Lipinski definition) is 0. The molecule has 0 fully saturated rings. The predicted octanol–water partition coefficient (Wildman–Crippen LogP) is 17.3. The van der Waals surface area contributed by atoms with E-state index in [4.69, 9.17) is 0 Å². The zero-order valence-electron chi connectivity index (χ0n) is 34.2. The lowest BCUT2D eigenvalue weighted by Crippen LogP contribution is -1.92. The van der Waals surface area contributed by atoms with Crippen molar-refractivity contribution in [1.29, 1.82) is 0 Å². The third kappa shape index (κ3) is 6.98. The Kier molecular flexibility index (Phi) is 9.65. The maximum Gasteiger partial charge on any atom is -0.00261 e. The van der Waals surface area contributed by atoms with Crippen LogP contribution in [-0.2, 0) is 0 Å². The molecule has 62 heavy (non-hydrogen) atoms. The standard InChI is InChI=1S/C62H42/c1-4-15-43(16-5-1)29-30-44-17-12-22-51(41-44)53-25-13-28-56-54(26-14-27-55(53)56)52-39-40-59-60(42-52)62(50-37-33-48(34-38-50)46-20-8-3-9-21-46)58-24-11-10-23-57(58)61(59)49-35-31-47(32-36-49)45-18-6-2-7-19-45/h1-42H/b30-29-. The van der Waals surface area contributed by atoms with Gasteiger partial charge in [-0.05, 0) is 122 Å². The molecule has 0 heteroatoms. The van der Waals surface area contributed by atoms with Gasteiger partial charge in [-0.15, -0.1) is 0 Å².